The Balaban J connectivity index is 1.26. The maximum atomic E-state index is 14.2. The van der Waals surface area contributed by atoms with Crippen LogP contribution in [0.2, 0.25) is 5.02 Å². The molecule has 1 aliphatic heterocycles. The number of hydrogen-bond donors (Lipinski definition) is 1. The summed E-state index contributed by atoms with van der Waals surface area (Å²) < 4.78 is 21.0. The van der Waals surface area contributed by atoms with Crippen molar-refractivity contribution in [3.8, 4) is 0 Å². The summed E-state index contributed by atoms with van der Waals surface area (Å²) in [5.74, 6) is -1.51. The third kappa shape index (κ3) is 7.21. The summed E-state index contributed by atoms with van der Waals surface area (Å²) in [4.78, 5) is 54.8. The molecule has 12 heteroatoms. The van der Waals surface area contributed by atoms with E-state index in [9.17, 15) is 23.6 Å². The topological polar surface area (TPSA) is 114 Å². The fourth-order valence-corrected chi connectivity index (χ4v) is 5.32. The van der Waals surface area contributed by atoms with Crippen LogP contribution in [0.25, 0.3) is 10.9 Å². The lowest BCUT2D eigenvalue weighted by molar-refractivity contribution is -0.137. The molecule has 2 aromatic carbocycles. The molecule has 3 aromatic rings. The number of halogens is 2. The first-order chi connectivity index (χ1) is 20.2. The van der Waals surface area contributed by atoms with Gasteiger partial charge in [0.15, 0.2) is 11.6 Å². The number of carbonyl (C=O) groups excluding carboxylic acids is 4. The zero-order valence-corrected chi connectivity index (χ0v) is 24.2. The third-order valence-electron chi connectivity index (χ3n) is 7.47. The summed E-state index contributed by atoms with van der Waals surface area (Å²) in [6.45, 7) is 4.03. The van der Waals surface area contributed by atoms with Gasteiger partial charge in [0.2, 0.25) is 11.8 Å². The second-order valence-corrected chi connectivity index (χ2v) is 11.2. The molecule has 1 saturated heterocycles. The fourth-order valence-electron chi connectivity index (χ4n) is 5.12. The predicted molar refractivity (Wildman–Crippen MR) is 154 cm³/mol. The highest BCUT2D eigenvalue weighted by Gasteiger charge is 2.34. The second-order valence-electron chi connectivity index (χ2n) is 10.8. The summed E-state index contributed by atoms with van der Waals surface area (Å²) in [7, 11) is 0. The molecule has 0 atom stereocenters. The van der Waals surface area contributed by atoms with Gasteiger partial charge in [0.25, 0.3) is 0 Å². The van der Waals surface area contributed by atoms with E-state index < -0.39 is 11.7 Å². The van der Waals surface area contributed by atoms with Crippen molar-refractivity contribution < 1.29 is 28.3 Å². The number of hydrogen-bond acceptors (Lipinski definition) is 7. The molecule has 0 bridgehead atoms. The zero-order valence-electron chi connectivity index (χ0n) is 23.4. The van der Waals surface area contributed by atoms with E-state index >= 15 is 0 Å². The number of ether oxygens (including phenoxy) is 1. The molecule has 2 amide bonds. The molecule has 222 valence electrons. The molecule has 0 radical (unpaired) electrons. The van der Waals surface area contributed by atoms with Crippen LogP contribution < -0.4 is 5.32 Å². The van der Waals surface area contributed by atoms with Crippen molar-refractivity contribution in [2.75, 3.05) is 39.4 Å². The van der Waals surface area contributed by atoms with Crippen LogP contribution in [-0.4, -0.2) is 88.4 Å². The standard InChI is InChI=1S/C30H33ClFN5O5/c1-19(38)30-24-14-20(13-23(39)16-35-9-11-42-12-10-35)5-8-26(24)37(34-30)18-28(41)36(22-6-7-22)17-27(40)33-15-21-3-2-4-25(31)29(21)32/h2-5,8,14,22H,6-7,9-13,15-18H2,1H3,(H,33,40). The lowest BCUT2D eigenvalue weighted by Gasteiger charge is -2.25. The average Bonchev–Trinajstić information content (AvgIpc) is 3.74. The van der Waals surface area contributed by atoms with Crippen molar-refractivity contribution in [3.63, 3.8) is 0 Å². The van der Waals surface area contributed by atoms with Gasteiger partial charge < -0.3 is 15.0 Å². The quantitative estimate of drug-likeness (QED) is 0.319. The van der Waals surface area contributed by atoms with Crippen LogP contribution in [-0.2, 0) is 38.6 Å². The molecule has 1 aromatic heterocycles. The van der Waals surface area contributed by atoms with Crippen molar-refractivity contribution in [2.45, 2.75) is 45.3 Å². The van der Waals surface area contributed by atoms with Gasteiger partial charge >= 0.3 is 0 Å². The molecule has 1 N–H and O–H groups in total. The van der Waals surface area contributed by atoms with E-state index in [-0.39, 0.29) is 65.9 Å². The highest BCUT2D eigenvalue weighted by Crippen LogP contribution is 2.28. The Labute approximate surface area is 247 Å². The minimum atomic E-state index is -0.592. The molecule has 1 aliphatic carbocycles. The Morgan fingerprint density at radius 1 is 1.12 bits per heavy atom. The Morgan fingerprint density at radius 2 is 1.88 bits per heavy atom. The number of Topliss-reactive ketones (excluding diaryl/α,β-unsaturated/α-hetero) is 2. The van der Waals surface area contributed by atoms with Gasteiger partial charge in [0.1, 0.15) is 18.1 Å². The first kappa shape index (κ1) is 29.8. The van der Waals surface area contributed by atoms with Crippen LogP contribution in [0.15, 0.2) is 36.4 Å². The van der Waals surface area contributed by atoms with Gasteiger partial charge in [-0.15, -0.1) is 0 Å². The summed E-state index contributed by atoms with van der Waals surface area (Å²) >= 11 is 5.82. The normalized spacial score (nSPS) is 15.5. The summed E-state index contributed by atoms with van der Waals surface area (Å²) in [6, 6.07) is 9.87. The van der Waals surface area contributed by atoms with Crippen molar-refractivity contribution in [3.05, 3.63) is 64.1 Å². The van der Waals surface area contributed by atoms with E-state index in [0.717, 1.165) is 31.5 Å². The van der Waals surface area contributed by atoms with E-state index in [1.807, 2.05) is 6.07 Å². The van der Waals surface area contributed by atoms with E-state index in [1.54, 1.807) is 18.2 Å². The number of amides is 2. The van der Waals surface area contributed by atoms with Crippen molar-refractivity contribution >= 4 is 45.9 Å². The molecule has 5 rings (SSSR count). The lowest BCUT2D eigenvalue weighted by atomic mass is 10.0. The highest BCUT2D eigenvalue weighted by molar-refractivity contribution is 6.30. The van der Waals surface area contributed by atoms with Gasteiger partial charge in [-0.2, -0.15) is 5.10 Å². The zero-order chi connectivity index (χ0) is 29.8. The fraction of sp³-hybridized carbons (Fsp3) is 0.433. The molecule has 2 fully saturated rings. The van der Waals surface area contributed by atoms with Gasteiger partial charge in [0.05, 0.1) is 36.8 Å². The minimum absolute atomic E-state index is 0.0281. The number of nitrogens with zero attached hydrogens (tertiary/aromatic N) is 4. The molecular weight excluding hydrogens is 565 g/mol. The van der Waals surface area contributed by atoms with Crippen LogP contribution in [0, 0.1) is 5.82 Å². The van der Waals surface area contributed by atoms with Gasteiger partial charge in [-0.05, 0) is 36.6 Å². The van der Waals surface area contributed by atoms with Gasteiger partial charge in [-0.3, -0.25) is 28.8 Å². The Hall–Kier alpha value is -3.67. The van der Waals surface area contributed by atoms with Gasteiger partial charge in [-0.1, -0.05) is 29.8 Å². The van der Waals surface area contributed by atoms with Crippen molar-refractivity contribution in [1.29, 1.82) is 0 Å². The average molecular weight is 598 g/mol. The summed E-state index contributed by atoms with van der Waals surface area (Å²) in [5, 5.41) is 7.64. The largest absolute Gasteiger partial charge is 0.379 e. The first-order valence-corrected chi connectivity index (χ1v) is 14.4. The molecular formula is C30H33ClFN5O5. The van der Waals surface area contributed by atoms with Crippen LogP contribution in [0.3, 0.4) is 0 Å². The van der Waals surface area contributed by atoms with Gasteiger partial charge in [-0.25, -0.2) is 4.39 Å². The lowest BCUT2D eigenvalue weighted by Crippen LogP contribution is -2.43. The Morgan fingerprint density at radius 3 is 2.60 bits per heavy atom. The summed E-state index contributed by atoms with van der Waals surface area (Å²) in [5.41, 5.74) is 1.83. The van der Waals surface area contributed by atoms with Crippen LogP contribution in [0.4, 0.5) is 4.39 Å². The third-order valence-corrected chi connectivity index (χ3v) is 7.76. The molecule has 2 aliphatic rings. The molecule has 42 heavy (non-hydrogen) atoms. The molecule has 1 saturated carbocycles. The highest BCUT2D eigenvalue weighted by atomic mass is 35.5. The van der Waals surface area contributed by atoms with Crippen molar-refractivity contribution in [2.24, 2.45) is 0 Å². The summed E-state index contributed by atoms with van der Waals surface area (Å²) in [6.07, 6.45) is 1.78. The van der Waals surface area contributed by atoms with Gasteiger partial charge in [0, 0.05) is 50.0 Å². The van der Waals surface area contributed by atoms with Crippen molar-refractivity contribution in [1.82, 2.24) is 24.9 Å². The molecule has 10 nitrogen and oxygen atoms in total. The smallest absolute Gasteiger partial charge is 0.245 e. The number of morpholine rings is 1. The number of carbonyl (C=O) groups is 4. The van der Waals surface area contributed by atoms with E-state index in [0.29, 0.717) is 30.7 Å². The van der Waals surface area contributed by atoms with E-state index in [4.69, 9.17) is 16.3 Å². The number of nitrogens with one attached hydrogen (secondary N) is 1. The number of rotatable bonds is 12. The molecule has 0 unspecified atom stereocenters. The predicted octanol–water partition coefficient (Wildman–Crippen LogP) is 2.78. The van der Waals surface area contributed by atoms with E-state index in [2.05, 4.69) is 15.3 Å². The molecule has 0 spiro atoms. The second kappa shape index (κ2) is 13.1. The Kier molecular flexibility index (Phi) is 9.30. The van der Waals surface area contributed by atoms with Crippen LogP contribution in [0.5, 0.6) is 0 Å². The Bertz CT molecular complexity index is 1520. The monoisotopic (exact) mass is 597 g/mol. The maximum absolute atomic E-state index is 14.2. The number of fused-ring (bicyclic) bond motifs is 1. The van der Waals surface area contributed by atoms with Crippen LogP contribution >= 0.6 is 11.6 Å². The minimum Gasteiger partial charge on any atom is -0.379 e. The first-order valence-electron chi connectivity index (χ1n) is 14.0. The number of aromatic nitrogens is 2. The maximum Gasteiger partial charge on any atom is 0.245 e. The van der Waals surface area contributed by atoms with E-state index in [1.165, 1.54) is 28.6 Å². The SMILES string of the molecule is CC(=O)c1nn(CC(=O)N(CC(=O)NCc2cccc(Cl)c2F)C2CC2)c2ccc(CC(=O)CN3CCOCC3)cc12. The number of ketones is 2. The number of benzene rings is 2. The molecule has 2 heterocycles. The van der Waals surface area contributed by atoms with Crippen LogP contribution in [0.1, 0.15) is 41.4 Å².